The van der Waals surface area contributed by atoms with Crippen LogP contribution in [0.1, 0.15) is 57.2 Å². The van der Waals surface area contributed by atoms with Crippen LogP contribution in [-0.2, 0) is 0 Å². The number of hydrogen-bond acceptors (Lipinski definition) is 7. The topological polar surface area (TPSA) is 105 Å². The Bertz CT molecular complexity index is 1510. The first kappa shape index (κ1) is 28.9. The van der Waals surface area contributed by atoms with Gasteiger partial charge in [0.1, 0.15) is 11.9 Å². The summed E-state index contributed by atoms with van der Waals surface area (Å²) in [4.78, 5) is 37.1. The Morgan fingerprint density at radius 2 is 1.74 bits per heavy atom. The van der Waals surface area contributed by atoms with Crippen molar-refractivity contribution in [1.29, 1.82) is 5.26 Å². The number of carbonyl (C=O) groups is 2. The molecule has 0 spiro atoms. The summed E-state index contributed by atoms with van der Waals surface area (Å²) in [6.45, 7) is 9.57. The minimum Gasteiger partial charge on any atom is -0.382 e. The highest BCUT2D eigenvalue weighted by molar-refractivity contribution is 5.99. The summed E-state index contributed by atoms with van der Waals surface area (Å²) in [5.74, 6) is 0.505. The number of benzene rings is 2. The third-order valence-corrected chi connectivity index (χ3v) is 8.47. The van der Waals surface area contributed by atoms with Crippen LogP contribution in [0.15, 0.2) is 54.7 Å². The zero-order chi connectivity index (χ0) is 29.8. The molecular weight excluding hydrogens is 526 g/mol. The van der Waals surface area contributed by atoms with Crippen molar-refractivity contribution in [2.45, 2.75) is 45.7 Å². The molecule has 218 valence electrons. The second kappa shape index (κ2) is 12.5. The molecule has 0 saturated carbocycles. The molecule has 3 aromatic rings. The van der Waals surface area contributed by atoms with Crippen LogP contribution in [0.25, 0.3) is 0 Å². The largest absolute Gasteiger partial charge is 0.382 e. The smallest absolute Gasteiger partial charge is 0.254 e. The molecule has 1 aromatic heterocycles. The SMILES string of the molecule is CNC(=O)c1cccnc1N1CCN(C(=O)c2cc(NC3CCN(c4ccccc4C#N)CC3)c(C)cc2C)C[C@H]1C. The maximum atomic E-state index is 13.8. The second-order valence-electron chi connectivity index (χ2n) is 11.3. The first-order valence-corrected chi connectivity index (χ1v) is 14.7. The minimum absolute atomic E-state index is 0.000652. The summed E-state index contributed by atoms with van der Waals surface area (Å²) in [6, 6.07) is 18.0. The number of anilines is 3. The number of piperazine rings is 1. The Labute approximate surface area is 248 Å². The van der Waals surface area contributed by atoms with Gasteiger partial charge in [0.25, 0.3) is 11.8 Å². The van der Waals surface area contributed by atoms with Gasteiger partial charge < -0.3 is 25.3 Å². The zero-order valence-electron chi connectivity index (χ0n) is 24.9. The summed E-state index contributed by atoms with van der Waals surface area (Å²) in [5, 5.41) is 15.9. The van der Waals surface area contributed by atoms with E-state index in [1.165, 1.54) is 0 Å². The maximum absolute atomic E-state index is 13.8. The molecule has 0 bridgehead atoms. The van der Waals surface area contributed by atoms with Gasteiger partial charge in [-0.05, 0) is 75.1 Å². The summed E-state index contributed by atoms with van der Waals surface area (Å²) in [6.07, 6.45) is 3.59. The Balaban J connectivity index is 1.25. The van der Waals surface area contributed by atoms with E-state index < -0.39 is 0 Å². The molecule has 2 fully saturated rings. The van der Waals surface area contributed by atoms with Crippen LogP contribution in [0, 0.1) is 25.2 Å². The van der Waals surface area contributed by atoms with Gasteiger partial charge in [0, 0.05) is 69.3 Å². The molecule has 2 aliphatic rings. The van der Waals surface area contributed by atoms with E-state index in [-0.39, 0.29) is 23.9 Å². The molecule has 2 N–H and O–H groups in total. The van der Waals surface area contributed by atoms with E-state index in [9.17, 15) is 14.9 Å². The van der Waals surface area contributed by atoms with E-state index >= 15 is 0 Å². The number of nitrogens with zero attached hydrogens (tertiary/aromatic N) is 5. The molecule has 0 aliphatic carbocycles. The van der Waals surface area contributed by atoms with Crippen molar-refractivity contribution in [3.8, 4) is 6.07 Å². The van der Waals surface area contributed by atoms with Gasteiger partial charge in [-0.3, -0.25) is 9.59 Å². The third-order valence-electron chi connectivity index (χ3n) is 8.47. The summed E-state index contributed by atoms with van der Waals surface area (Å²) in [7, 11) is 1.62. The van der Waals surface area contributed by atoms with Gasteiger partial charge in [0.15, 0.2) is 0 Å². The van der Waals surface area contributed by atoms with Crippen molar-refractivity contribution in [2.75, 3.05) is 54.9 Å². The molecule has 2 aromatic carbocycles. The lowest BCUT2D eigenvalue weighted by molar-refractivity contribution is 0.0724. The average molecular weight is 566 g/mol. The number of aryl methyl sites for hydroxylation is 2. The number of piperidine rings is 1. The van der Waals surface area contributed by atoms with E-state index in [0.29, 0.717) is 42.1 Å². The molecule has 2 amide bonds. The number of carbonyl (C=O) groups excluding carboxylic acids is 2. The Morgan fingerprint density at radius 1 is 0.976 bits per heavy atom. The van der Waals surface area contributed by atoms with Crippen molar-refractivity contribution in [3.05, 3.63) is 82.5 Å². The highest BCUT2D eigenvalue weighted by Crippen LogP contribution is 2.29. The Morgan fingerprint density at radius 3 is 2.45 bits per heavy atom. The molecular formula is C33H39N7O2. The molecule has 2 saturated heterocycles. The van der Waals surface area contributed by atoms with E-state index in [2.05, 4.69) is 51.4 Å². The number of nitrogens with one attached hydrogen (secondary N) is 2. The number of hydrogen-bond donors (Lipinski definition) is 2. The van der Waals surface area contributed by atoms with Crippen LogP contribution in [-0.4, -0.2) is 73.6 Å². The predicted molar refractivity (Wildman–Crippen MR) is 166 cm³/mol. The predicted octanol–water partition coefficient (Wildman–Crippen LogP) is 4.36. The number of rotatable bonds is 6. The van der Waals surface area contributed by atoms with Gasteiger partial charge >= 0.3 is 0 Å². The fourth-order valence-corrected chi connectivity index (χ4v) is 6.13. The molecule has 1 atom stereocenters. The molecule has 42 heavy (non-hydrogen) atoms. The lowest BCUT2D eigenvalue weighted by Crippen LogP contribution is -2.54. The van der Waals surface area contributed by atoms with Gasteiger partial charge in [-0.25, -0.2) is 4.98 Å². The first-order valence-electron chi connectivity index (χ1n) is 14.7. The first-order chi connectivity index (χ1) is 20.3. The van der Waals surface area contributed by atoms with Gasteiger partial charge in [-0.2, -0.15) is 5.26 Å². The fraction of sp³-hybridized carbons (Fsp3) is 0.394. The van der Waals surface area contributed by atoms with E-state index in [1.807, 2.05) is 42.2 Å². The van der Waals surface area contributed by atoms with Crippen LogP contribution in [0.4, 0.5) is 17.2 Å². The Kier molecular flexibility index (Phi) is 8.62. The summed E-state index contributed by atoms with van der Waals surface area (Å²) in [5.41, 5.74) is 6.05. The number of amides is 2. The number of nitriles is 1. The van der Waals surface area contributed by atoms with Crippen LogP contribution in [0.3, 0.4) is 0 Å². The molecule has 2 aliphatic heterocycles. The van der Waals surface area contributed by atoms with Crippen molar-refractivity contribution in [1.82, 2.24) is 15.2 Å². The van der Waals surface area contributed by atoms with Crippen LogP contribution < -0.4 is 20.4 Å². The average Bonchev–Trinajstić information content (AvgIpc) is 3.02. The van der Waals surface area contributed by atoms with Gasteiger partial charge in [-0.15, -0.1) is 0 Å². The van der Waals surface area contributed by atoms with E-state index in [1.54, 1.807) is 25.4 Å². The van der Waals surface area contributed by atoms with Gasteiger partial charge in [-0.1, -0.05) is 18.2 Å². The van der Waals surface area contributed by atoms with Gasteiger partial charge in [0.2, 0.25) is 0 Å². The normalized spacial score (nSPS) is 17.5. The van der Waals surface area contributed by atoms with E-state index in [0.717, 1.165) is 48.4 Å². The molecule has 0 radical (unpaired) electrons. The monoisotopic (exact) mass is 565 g/mol. The van der Waals surface area contributed by atoms with Crippen LogP contribution in [0.5, 0.6) is 0 Å². The fourth-order valence-electron chi connectivity index (χ4n) is 6.13. The number of pyridine rings is 1. The Hall–Kier alpha value is -4.58. The van der Waals surface area contributed by atoms with Crippen molar-refractivity contribution < 1.29 is 9.59 Å². The highest BCUT2D eigenvalue weighted by atomic mass is 16.2. The van der Waals surface area contributed by atoms with Crippen molar-refractivity contribution >= 4 is 29.0 Å². The standard InChI is InChI=1S/C33H39N7O2/c1-22-18-23(2)29(37-26-11-14-38(15-12-26)30-10-6-5-8-25(30)20-34)19-28(22)33(42)39-16-17-40(24(3)21-39)31-27(32(41)35-4)9-7-13-36-31/h5-10,13,18-19,24,26,37H,11-12,14-17,21H2,1-4H3,(H,35,41)/t24-/m1/s1. The van der Waals surface area contributed by atoms with E-state index in [4.69, 9.17) is 0 Å². The quantitative estimate of drug-likeness (QED) is 0.458. The molecule has 3 heterocycles. The van der Waals surface area contributed by atoms with Crippen molar-refractivity contribution in [3.63, 3.8) is 0 Å². The molecule has 9 nitrogen and oxygen atoms in total. The number of aromatic nitrogens is 1. The molecule has 5 rings (SSSR count). The highest BCUT2D eigenvalue weighted by Gasteiger charge is 2.31. The van der Waals surface area contributed by atoms with Crippen LogP contribution >= 0.6 is 0 Å². The van der Waals surface area contributed by atoms with Crippen LogP contribution in [0.2, 0.25) is 0 Å². The minimum atomic E-state index is -0.170. The molecule has 0 unspecified atom stereocenters. The van der Waals surface area contributed by atoms with Gasteiger partial charge in [0.05, 0.1) is 16.8 Å². The second-order valence-corrected chi connectivity index (χ2v) is 11.3. The lowest BCUT2D eigenvalue weighted by Gasteiger charge is -2.41. The maximum Gasteiger partial charge on any atom is 0.254 e. The molecule has 9 heteroatoms. The lowest BCUT2D eigenvalue weighted by atomic mass is 9.99. The zero-order valence-corrected chi connectivity index (χ0v) is 24.9. The third kappa shape index (κ3) is 5.89. The number of para-hydroxylation sites is 1. The summed E-state index contributed by atoms with van der Waals surface area (Å²) >= 11 is 0. The summed E-state index contributed by atoms with van der Waals surface area (Å²) < 4.78 is 0. The van der Waals surface area contributed by atoms with Crippen molar-refractivity contribution in [2.24, 2.45) is 0 Å².